The molecule has 26 heavy (non-hydrogen) atoms. The van der Waals surface area contributed by atoms with Crippen LogP contribution in [0.15, 0.2) is 54.4 Å². The van der Waals surface area contributed by atoms with Crippen molar-refractivity contribution >= 4 is 16.0 Å². The molecule has 0 radical (unpaired) electrons. The first-order valence-corrected chi connectivity index (χ1v) is 9.96. The highest BCUT2D eigenvalue weighted by Gasteiger charge is 2.43. The van der Waals surface area contributed by atoms with Gasteiger partial charge in [0, 0.05) is 19.3 Å². The van der Waals surface area contributed by atoms with E-state index in [1.165, 1.54) is 0 Å². The van der Waals surface area contributed by atoms with E-state index < -0.39 is 16.6 Å². The monoisotopic (exact) mass is 372 g/mol. The summed E-state index contributed by atoms with van der Waals surface area (Å²) in [7, 11) is -4.08. The molecule has 0 N–H and O–H groups in total. The summed E-state index contributed by atoms with van der Waals surface area (Å²) in [6.45, 7) is 3.55. The highest BCUT2D eigenvalue weighted by Crippen LogP contribution is 2.37. The Balaban J connectivity index is 1.91. The van der Waals surface area contributed by atoms with Gasteiger partial charge in [-0.05, 0) is 37.5 Å². The van der Waals surface area contributed by atoms with E-state index in [0.717, 1.165) is 37.1 Å². The number of aryl methyl sites for hydroxylation is 1. The maximum Gasteiger partial charge on any atom is 0.450 e. The summed E-state index contributed by atoms with van der Waals surface area (Å²) < 4.78 is 34.8. The normalized spacial score (nSPS) is 24.4. The Hall–Kier alpha value is -2.22. The number of benzene rings is 1. The van der Waals surface area contributed by atoms with E-state index in [1.54, 1.807) is 6.20 Å². The summed E-state index contributed by atoms with van der Waals surface area (Å²) in [5, 5.41) is 0. The van der Waals surface area contributed by atoms with Crippen molar-refractivity contribution in [1.29, 1.82) is 0 Å². The van der Waals surface area contributed by atoms with Crippen molar-refractivity contribution in [2.45, 2.75) is 26.0 Å². The van der Waals surface area contributed by atoms with Gasteiger partial charge in [-0.3, -0.25) is 9.88 Å². The molecule has 1 aromatic carbocycles. The van der Waals surface area contributed by atoms with Gasteiger partial charge in [0.15, 0.2) is 12.0 Å². The summed E-state index contributed by atoms with van der Waals surface area (Å²) in [5.41, 5.74) is 3.25. The zero-order valence-corrected chi connectivity index (χ0v) is 15.3. The van der Waals surface area contributed by atoms with Crippen molar-refractivity contribution < 1.29 is 16.8 Å². The molecule has 0 saturated carbocycles. The molecule has 2 aromatic rings. The van der Waals surface area contributed by atoms with Gasteiger partial charge in [-0.2, -0.15) is 8.42 Å². The number of pyridine rings is 1. The van der Waals surface area contributed by atoms with Gasteiger partial charge >= 0.3 is 10.4 Å². The molecule has 1 unspecified atom stereocenters. The van der Waals surface area contributed by atoms with E-state index in [0.29, 0.717) is 11.3 Å². The Morgan fingerprint density at radius 2 is 1.85 bits per heavy atom. The molecule has 2 aliphatic rings. The minimum Gasteiger partial charge on any atom is -0.361 e. The highest BCUT2D eigenvalue weighted by atomic mass is 32.3. The first-order valence-electron chi connectivity index (χ1n) is 8.63. The van der Waals surface area contributed by atoms with Gasteiger partial charge in [0.1, 0.15) is 0 Å². The van der Waals surface area contributed by atoms with Gasteiger partial charge in [0.2, 0.25) is 0 Å². The molecule has 1 atom stereocenters. The van der Waals surface area contributed by atoms with Crippen molar-refractivity contribution in [2.75, 3.05) is 13.1 Å². The topological polar surface area (TPSA) is 68.7 Å². The van der Waals surface area contributed by atoms with Crippen LogP contribution in [0.2, 0.25) is 0 Å². The fraction of sp³-hybridized carbons (Fsp3) is 0.316. The molecule has 2 aliphatic heterocycles. The number of hydrogen-bond donors (Lipinski definition) is 0. The lowest BCUT2D eigenvalue weighted by Crippen LogP contribution is -2.34. The summed E-state index contributed by atoms with van der Waals surface area (Å²) >= 11 is 0. The third-order valence-electron chi connectivity index (χ3n) is 4.61. The number of aromatic nitrogens is 1. The lowest BCUT2D eigenvalue weighted by atomic mass is 9.99. The van der Waals surface area contributed by atoms with Crippen LogP contribution in [-0.2, 0) is 18.8 Å². The van der Waals surface area contributed by atoms with Gasteiger partial charge in [0.05, 0.1) is 11.3 Å². The van der Waals surface area contributed by atoms with Crippen LogP contribution in [0.5, 0.6) is 0 Å². The molecular formula is C19H20N2O4S. The second-order valence-corrected chi connectivity index (χ2v) is 7.68. The molecule has 3 heterocycles. The van der Waals surface area contributed by atoms with Gasteiger partial charge in [0.25, 0.3) is 0 Å². The molecule has 0 amide bonds. The summed E-state index contributed by atoms with van der Waals surface area (Å²) in [4.78, 5) is 6.42. The van der Waals surface area contributed by atoms with Crippen LogP contribution < -0.4 is 0 Å². The molecule has 2 fully saturated rings. The van der Waals surface area contributed by atoms with Crippen LogP contribution in [0.25, 0.3) is 5.57 Å². The lowest BCUT2D eigenvalue weighted by molar-refractivity contribution is 0.0905. The lowest BCUT2D eigenvalue weighted by Gasteiger charge is -2.21. The number of nitrogens with zero attached hydrogens (tertiary/aromatic N) is 2. The first kappa shape index (κ1) is 17.2. The number of likely N-dealkylation sites (tertiary alicyclic amines) is 1. The summed E-state index contributed by atoms with van der Waals surface area (Å²) in [6.07, 6.45) is 2.95. The van der Waals surface area contributed by atoms with Crippen molar-refractivity contribution in [2.24, 2.45) is 0 Å². The van der Waals surface area contributed by atoms with Gasteiger partial charge in [-0.25, -0.2) is 4.18 Å². The van der Waals surface area contributed by atoms with Crippen LogP contribution in [0.1, 0.15) is 29.7 Å². The van der Waals surface area contributed by atoms with E-state index in [9.17, 15) is 8.42 Å². The van der Waals surface area contributed by atoms with Gasteiger partial charge in [-0.1, -0.05) is 35.9 Å². The molecule has 6 nitrogen and oxygen atoms in total. The Kier molecular flexibility index (Phi) is 4.52. The van der Waals surface area contributed by atoms with E-state index in [-0.39, 0.29) is 5.76 Å². The summed E-state index contributed by atoms with van der Waals surface area (Å²) in [6, 6.07) is 13.4. The molecule has 136 valence electrons. The number of rotatable bonds is 3. The van der Waals surface area contributed by atoms with Crippen LogP contribution in [0.3, 0.4) is 0 Å². The van der Waals surface area contributed by atoms with Crippen LogP contribution in [0.4, 0.5) is 0 Å². The van der Waals surface area contributed by atoms with E-state index >= 15 is 0 Å². The van der Waals surface area contributed by atoms with E-state index in [2.05, 4.69) is 4.98 Å². The molecule has 7 heteroatoms. The Morgan fingerprint density at radius 1 is 1.12 bits per heavy atom. The number of hydrogen-bond acceptors (Lipinski definition) is 6. The average molecular weight is 372 g/mol. The van der Waals surface area contributed by atoms with Crippen molar-refractivity contribution in [3.8, 4) is 0 Å². The maximum atomic E-state index is 12.1. The smallest absolute Gasteiger partial charge is 0.361 e. The second kappa shape index (κ2) is 6.83. The standard InChI is InChI=1S/C19H20N2O4S/c1-14-7-9-15(10-8-14)17(16-6-2-3-11-20-16)18-19(21-12-4-5-13-21)25-26(22,23)24-18/h2-3,6-11,19H,4-5,12-13H2,1H3/b18-17+. The van der Waals surface area contributed by atoms with Gasteiger partial charge in [-0.15, -0.1) is 0 Å². The van der Waals surface area contributed by atoms with Crippen molar-refractivity contribution in [3.63, 3.8) is 0 Å². The fourth-order valence-electron chi connectivity index (χ4n) is 3.34. The molecular weight excluding hydrogens is 352 g/mol. The molecule has 1 aromatic heterocycles. The third-order valence-corrected chi connectivity index (χ3v) is 5.41. The zero-order valence-electron chi connectivity index (χ0n) is 14.5. The van der Waals surface area contributed by atoms with Crippen molar-refractivity contribution in [1.82, 2.24) is 9.88 Å². The van der Waals surface area contributed by atoms with Crippen molar-refractivity contribution in [3.05, 3.63) is 71.2 Å². The first-order chi connectivity index (χ1) is 12.5. The highest BCUT2D eigenvalue weighted by molar-refractivity contribution is 7.82. The minimum absolute atomic E-state index is 0.287. The molecule has 0 spiro atoms. The Labute approximate surface area is 153 Å². The van der Waals surface area contributed by atoms with E-state index in [4.69, 9.17) is 8.37 Å². The second-order valence-electron chi connectivity index (χ2n) is 6.50. The predicted octanol–water partition coefficient (Wildman–Crippen LogP) is 2.86. The van der Waals surface area contributed by atoms with E-state index in [1.807, 2.05) is 54.3 Å². The SMILES string of the molecule is Cc1ccc(/C(=C2\OS(=O)(=O)OC2N2CCCC2)c2ccccn2)cc1. The molecule has 0 aliphatic carbocycles. The predicted molar refractivity (Wildman–Crippen MR) is 97.1 cm³/mol. The molecule has 2 saturated heterocycles. The van der Waals surface area contributed by atoms with Gasteiger partial charge < -0.3 is 4.18 Å². The van der Waals surface area contributed by atoms with Crippen LogP contribution >= 0.6 is 0 Å². The Bertz CT molecular complexity index is 918. The quantitative estimate of drug-likeness (QED) is 0.825. The Morgan fingerprint density at radius 3 is 2.50 bits per heavy atom. The zero-order chi connectivity index (χ0) is 18.1. The minimum atomic E-state index is -4.08. The van der Waals surface area contributed by atoms with Crippen LogP contribution in [0, 0.1) is 6.92 Å². The molecule has 0 bridgehead atoms. The summed E-state index contributed by atoms with van der Waals surface area (Å²) in [5.74, 6) is 0.287. The average Bonchev–Trinajstić information content (AvgIpc) is 3.25. The van der Waals surface area contributed by atoms with Crippen LogP contribution in [-0.4, -0.2) is 37.6 Å². The molecule has 4 rings (SSSR count). The fourth-order valence-corrected chi connectivity index (χ4v) is 4.20. The third kappa shape index (κ3) is 3.38. The largest absolute Gasteiger partial charge is 0.450 e. The maximum absolute atomic E-state index is 12.1.